The number of rotatable bonds is 16. The number of nitrogens with one attached hydrogen (secondary N) is 2. The lowest BCUT2D eigenvalue weighted by Gasteiger charge is -2.31. The molecule has 0 aliphatic carbocycles. The predicted octanol–water partition coefficient (Wildman–Crippen LogP) is 4.42. The number of likely N-dealkylation sites (tertiary alicyclic amines) is 1. The maximum atomic E-state index is 14.1. The molecule has 2 aromatic carbocycles. The number of aliphatic hydroxyl groups excluding tert-OH is 1. The van der Waals surface area contributed by atoms with E-state index in [0.29, 0.717) is 6.61 Å². The second-order valence-electron chi connectivity index (χ2n) is 13.7. The van der Waals surface area contributed by atoms with Gasteiger partial charge in [-0.1, -0.05) is 56.3 Å². The van der Waals surface area contributed by atoms with E-state index in [2.05, 4.69) is 15.5 Å². The van der Waals surface area contributed by atoms with Gasteiger partial charge in [0.1, 0.15) is 6.10 Å². The molecule has 0 radical (unpaired) electrons. The number of aliphatic hydroxyl groups is 1. The summed E-state index contributed by atoms with van der Waals surface area (Å²) < 4.78 is 46.3. The zero-order valence-electron chi connectivity index (χ0n) is 28.8. The van der Waals surface area contributed by atoms with Crippen LogP contribution in [0.15, 0.2) is 64.9 Å². The van der Waals surface area contributed by atoms with Crippen LogP contribution in [0.5, 0.6) is 0 Å². The van der Waals surface area contributed by atoms with E-state index in [1.807, 2.05) is 49.6 Å². The van der Waals surface area contributed by atoms with Gasteiger partial charge < -0.3 is 34.9 Å². The molecular formula is C36H49N5O7S2. The second-order valence-corrected chi connectivity index (χ2v) is 16.5. The van der Waals surface area contributed by atoms with Crippen molar-refractivity contribution < 1.29 is 32.5 Å². The van der Waals surface area contributed by atoms with Crippen LogP contribution in [0.25, 0.3) is 11.3 Å². The molecule has 0 saturated carbocycles. The molecule has 3 aromatic rings. The molecule has 5 atom stereocenters. The predicted molar refractivity (Wildman–Crippen MR) is 192 cm³/mol. The van der Waals surface area contributed by atoms with E-state index in [4.69, 9.17) is 19.2 Å². The van der Waals surface area contributed by atoms with E-state index >= 15 is 0 Å². The number of fused-ring (bicyclic) bond motifs is 1. The Bertz CT molecular complexity index is 1630. The normalized spacial score (nSPS) is 22.1. The Morgan fingerprint density at radius 1 is 1.10 bits per heavy atom. The molecule has 0 spiro atoms. The van der Waals surface area contributed by atoms with Crippen LogP contribution in [0.4, 0.5) is 9.93 Å². The molecular weight excluding hydrogens is 679 g/mol. The zero-order valence-corrected chi connectivity index (χ0v) is 30.4. The third-order valence-corrected chi connectivity index (χ3v) is 12.1. The largest absolute Gasteiger partial charge is 0.443 e. The maximum absolute atomic E-state index is 14.1. The summed E-state index contributed by atoms with van der Waals surface area (Å²) in [5.41, 5.74) is 2.47. The van der Waals surface area contributed by atoms with Crippen LogP contribution in [0.1, 0.15) is 38.7 Å². The van der Waals surface area contributed by atoms with Gasteiger partial charge in [-0.3, -0.25) is 0 Å². The Hall–Kier alpha value is -3.11. The fourth-order valence-electron chi connectivity index (χ4n) is 6.80. The minimum absolute atomic E-state index is 0.0166. The number of nitrogens with zero attached hydrogens (tertiary/aromatic N) is 3. The van der Waals surface area contributed by atoms with Crippen LogP contribution in [-0.4, -0.2) is 111 Å². The molecule has 3 aliphatic heterocycles. The molecule has 3 fully saturated rings. The molecule has 12 nitrogen and oxygen atoms in total. The standard InChI is InChI=1S/C36H49N5O7S2/c1-25(2)21-41(50(44,45)28-12-10-27(11-13-28)31-24-49-35(38-31)37-15-18-40-16-6-7-17-40)22-32(42)30(20-26-8-4-3-5-9-26)39-36(43)48-33-23-47-34-29(33)14-19-46-34/h3-5,8-13,24-25,29-30,32-34,42H,6-7,14-23H2,1-2H3,(H,37,38)(H,39,43)/t29-,30-,32-,33-,34+/m0/s1. The number of sulfonamides is 1. The number of carbonyl (C=O) groups excluding carboxylic acids is 1. The van der Waals surface area contributed by atoms with Crippen LogP contribution >= 0.6 is 11.3 Å². The first-order valence-electron chi connectivity index (χ1n) is 17.6. The maximum Gasteiger partial charge on any atom is 0.407 e. The molecule has 14 heteroatoms. The summed E-state index contributed by atoms with van der Waals surface area (Å²) in [4.78, 5) is 20.4. The van der Waals surface area contributed by atoms with Crippen LogP contribution < -0.4 is 10.6 Å². The smallest absolute Gasteiger partial charge is 0.407 e. The molecule has 3 aliphatic rings. The van der Waals surface area contributed by atoms with Gasteiger partial charge in [-0.05, 0) is 62.4 Å². The average molecular weight is 728 g/mol. The van der Waals surface area contributed by atoms with Gasteiger partial charge in [0.2, 0.25) is 10.0 Å². The number of anilines is 1. The molecule has 6 rings (SSSR count). The summed E-state index contributed by atoms with van der Waals surface area (Å²) in [7, 11) is -4.00. The number of alkyl carbamates (subject to hydrolysis) is 1. The third kappa shape index (κ3) is 9.40. The Balaban J connectivity index is 1.12. The lowest BCUT2D eigenvalue weighted by Crippen LogP contribution is -2.51. The van der Waals surface area contributed by atoms with Crippen LogP contribution in [0.2, 0.25) is 0 Å². The number of thiazole rings is 1. The summed E-state index contributed by atoms with van der Waals surface area (Å²) in [6.45, 7) is 8.75. The number of hydrogen-bond donors (Lipinski definition) is 3. The van der Waals surface area contributed by atoms with Gasteiger partial charge in [0.15, 0.2) is 11.4 Å². The number of ether oxygens (including phenoxy) is 3. The molecule has 50 heavy (non-hydrogen) atoms. The van der Waals surface area contributed by atoms with Crippen molar-refractivity contribution in [3.63, 3.8) is 0 Å². The zero-order chi connectivity index (χ0) is 35.1. The van der Waals surface area contributed by atoms with Gasteiger partial charge in [-0.25, -0.2) is 18.2 Å². The van der Waals surface area contributed by atoms with Crippen molar-refractivity contribution in [2.75, 3.05) is 57.8 Å². The van der Waals surface area contributed by atoms with E-state index in [-0.39, 0.29) is 49.1 Å². The topological polar surface area (TPSA) is 143 Å². The lowest BCUT2D eigenvalue weighted by atomic mass is 10.0. The molecule has 0 unspecified atom stereocenters. The summed E-state index contributed by atoms with van der Waals surface area (Å²) in [5.74, 6) is -0.0488. The summed E-state index contributed by atoms with van der Waals surface area (Å²) in [6, 6.07) is 15.3. The first kappa shape index (κ1) is 36.7. The molecule has 0 bridgehead atoms. The Labute approximate surface area is 299 Å². The summed E-state index contributed by atoms with van der Waals surface area (Å²) >= 11 is 1.53. The molecule has 3 N–H and O–H groups in total. The van der Waals surface area contributed by atoms with Crippen molar-refractivity contribution in [2.24, 2.45) is 11.8 Å². The van der Waals surface area contributed by atoms with Crippen molar-refractivity contribution in [1.82, 2.24) is 19.5 Å². The van der Waals surface area contributed by atoms with Crippen LogP contribution in [0.3, 0.4) is 0 Å². The van der Waals surface area contributed by atoms with E-state index in [1.165, 1.54) is 28.5 Å². The number of carbonyl (C=O) groups is 1. The Morgan fingerprint density at radius 2 is 1.86 bits per heavy atom. The van der Waals surface area contributed by atoms with Gasteiger partial charge in [0.25, 0.3) is 0 Å². The molecule has 1 amide bonds. The first-order chi connectivity index (χ1) is 24.2. The van der Waals surface area contributed by atoms with E-state index < -0.39 is 34.4 Å². The minimum Gasteiger partial charge on any atom is -0.443 e. The van der Waals surface area contributed by atoms with Gasteiger partial charge >= 0.3 is 6.09 Å². The summed E-state index contributed by atoms with van der Waals surface area (Å²) in [6.07, 6.45) is 0.802. The van der Waals surface area contributed by atoms with Crippen molar-refractivity contribution in [1.29, 1.82) is 0 Å². The second kappa shape index (κ2) is 16.9. The number of aromatic nitrogens is 1. The van der Waals surface area contributed by atoms with E-state index in [0.717, 1.165) is 54.6 Å². The number of amides is 1. The van der Waals surface area contributed by atoms with Crippen LogP contribution in [0, 0.1) is 11.8 Å². The monoisotopic (exact) mass is 727 g/mol. The molecule has 4 heterocycles. The quantitative estimate of drug-likeness (QED) is 0.194. The molecule has 3 saturated heterocycles. The van der Waals surface area contributed by atoms with Gasteiger partial charge in [-0.15, -0.1) is 11.3 Å². The van der Waals surface area contributed by atoms with Crippen molar-refractivity contribution >= 4 is 32.6 Å². The van der Waals surface area contributed by atoms with Gasteiger partial charge in [0, 0.05) is 37.1 Å². The minimum atomic E-state index is -4.00. The fraction of sp³-hybridized carbons (Fsp3) is 0.556. The van der Waals surface area contributed by atoms with Gasteiger partial charge in [-0.2, -0.15) is 4.31 Å². The number of benzene rings is 2. The van der Waals surface area contributed by atoms with Crippen molar-refractivity contribution in [3.05, 3.63) is 65.5 Å². The Morgan fingerprint density at radius 3 is 2.60 bits per heavy atom. The van der Waals surface area contributed by atoms with E-state index in [1.54, 1.807) is 24.3 Å². The van der Waals surface area contributed by atoms with Crippen LogP contribution in [-0.2, 0) is 30.7 Å². The molecule has 272 valence electrons. The highest BCUT2D eigenvalue weighted by Gasteiger charge is 2.44. The average Bonchev–Trinajstić information content (AvgIpc) is 3.93. The molecule has 1 aromatic heterocycles. The third-order valence-electron chi connectivity index (χ3n) is 9.46. The number of hydrogen-bond acceptors (Lipinski definition) is 11. The van der Waals surface area contributed by atoms with Crippen molar-refractivity contribution in [2.45, 2.75) is 69.0 Å². The SMILES string of the molecule is CC(C)CN(C[C@H](O)[C@H](Cc1ccccc1)NC(=O)O[C@H]1CO[C@H]2OCC[C@H]21)S(=O)(=O)c1ccc(-c2csc(NCCN3CCCC3)n2)cc1. The lowest BCUT2D eigenvalue weighted by molar-refractivity contribution is -0.0907. The van der Waals surface area contributed by atoms with Crippen molar-refractivity contribution in [3.8, 4) is 11.3 Å². The fourth-order valence-corrected chi connectivity index (χ4v) is 9.17. The highest BCUT2D eigenvalue weighted by atomic mass is 32.2. The highest BCUT2D eigenvalue weighted by molar-refractivity contribution is 7.89. The van der Waals surface area contributed by atoms with E-state index in [9.17, 15) is 18.3 Å². The Kier molecular flexibility index (Phi) is 12.4. The summed E-state index contributed by atoms with van der Waals surface area (Å²) in [5, 5.41) is 20.6. The first-order valence-corrected chi connectivity index (χ1v) is 19.9. The highest BCUT2D eigenvalue weighted by Crippen LogP contribution is 2.33. The van der Waals surface area contributed by atoms with Gasteiger partial charge in [0.05, 0.1) is 41.9 Å².